The average molecular weight is 443 g/mol. The third-order valence-electron chi connectivity index (χ3n) is 6.16. The van der Waals surface area contributed by atoms with E-state index in [-0.39, 0.29) is 17.2 Å². The molecule has 3 heterocycles. The summed E-state index contributed by atoms with van der Waals surface area (Å²) in [7, 11) is 0. The Morgan fingerprint density at radius 1 is 1.29 bits per heavy atom. The van der Waals surface area contributed by atoms with E-state index in [4.69, 9.17) is 14.6 Å². The first-order valence-corrected chi connectivity index (χ1v) is 10.5. The van der Waals surface area contributed by atoms with Crippen LogP contribution in [0.3, 0.4) is 0 Å². The van der Waals surface area contributed by atoms with Crippen molar-refractivity contribution in [2.45, 2.75) is 38.4 Å². The van der Waals surface area contributed by atoms with E-state index in [1.165, 1.54) is 18.4 Å². The molecule has 172 valence electrons. The Labute approximate surface area is 179 Å². The zero-order chi connectivity index (χ0) is 22.5. The first-order valence-electron chi connectivity index (χ1n) is 10.5. The Kier molecular flexibility index (Phi) is 7.53. The minimum atomic E-state index is -5.08. The Morgan fingerprint density at radius 3 is 2.52 bits per heavy atom. The average Bonchev–Trinajstić information content (AvgIpc) is 3.50. The molecular formula is C21H28F3N3O4. The molecule has 1 spiro atoms. The molecule has 1 aromatic heterocycles. The van der Waals surface area contributed by atoms with Crippen molar-refractivity contribution >= 4 is 11.9 Å². The molecule has 0 bridgehead atoms. The molecule has 1 atom stereocenters. The normalized spacial score (nSPS) is 23.1. The van der Waals surface area contributed by atoms with Crippen LogP contribution in [0.2, 0.25) is 0 Å². The van der Waals surface area contributed by atoms with Gasteiger partial charge in [-0.05, 0) is 43.2 Å². The van der Waals surface area contributed by atoms with Crippen LogP contribution < -0.4 is 5.32 Å². The summed E-state index contributed by atoms with van der Waals surface area (Å²) < 4.78 is 37.3. The first-order chi connectivity index (χ1) is 14.7. The van der Waals surface area contributed by atoms with Gasteiger partial charge in [-0.1, -0.05) is 6.07 Å². The molecule has 10 heteroatoms. The van der Waals surface area contributed by atoms with Crippen molar-refractivity contribution in [3.05, 3.63) is 30.1 Å². The number of carboxylic acids is 1. The number of carboxylic acid groups (broad SMARTS) is 1. The van der Waals surface area contributed by atoms with Gasteiger partial charge >= 0.3 is 12.1 Å². The van der Waals surface area contributed by atoms with E-state index < -0.39 is 12.1 Å². The molecule has 0 aromatic carbocycles. The maximum absolute atomic E-state index is 12.9. The van der Waals surface area contributed by atoms with Gasteiger partial charge in [-0.2, -0.15) is 13.2 Å². The number of nitrogens with zero attached hydrogens (tertiary/aromatic N) is 2. The van der Waals surface area contributed by atoms with Gasteiger partial charge in [0.05, 0.1) is 5.92 Å². The van der Waals surface area contributed by atoms with E-state index in [1.807, 2.05) is 18.5 Å². The number of likely N-dealkylation sites (tertiary alicyclic amines) is 1. The summed E-state index contributed by atoms with van der Waals surface area (Å²) in [6.45, 7) is 5.16. The second-order valence-corrected chi connectivity index (χ2v) is 8.55. The van der Waals surface area contributed by atoms with Crippen LogP contribution >= 0.6 is 0 Å². The number of hydrogen-bond acceptors (Lipinski definition) is 5. The van der Waals surface area contributed by atoms with Crippen LogP contribution in [0.1, 0.15) is 31.2 Å². The maximum atomic E-state index is 12.9. The van der Waals surface area contributed by atoms with Gasteiger partial charge in [0.25, 0.3) is 0 Å². The molecule has 1 amide bonds. The van der Waals surface area contributed by atoms with Crippen molar-refractivity contribution in [3.8, 4) is 0 Å². The number of aromatic nitrogens is 1. The standard InChI is InChI=1S/C19H27N3O2.C2HF3O2/c23-18(21-11-15-3-4-15)17-13-22(12-16-2-1-7-20-10-16)14-19(17)5-8-24-9-6-19;3-2(4,5)1(6)7/h1-2,7,10,15,17H,3-6,8-9,11-14H2,(H,21,23);(H,6,7). The lowest BCUT2D eigenvalue weighted by Crippen LogP contribution is -2.44. The van der Waals surface area contributed by atoms with E-state index in [0.29, 0.717) is 0 Å². The van der Waals surface area contributed by atoms with Crippen molar-refractivity contribution in [2.24, 2.45) is 17.3 Å². The lowest BCUT2D eigenvalue weighted by Gasteiger charge is -2.37. The molecule has 2 N–H and O–H groups in total. The zero-order valence-corrected chi connectivity index (χ0v) is 17.2. The predicted molar refractivity (Wildman–Crippen MR) is 105 cm³/mol. The van der Waals surface area contributed by atoms with Crippen molar-refractivity contribution in [1.82, 2.24) is 15.2 Å². The van der Waals surface area contributed by atoms with Crippen LogP contribution in [-0.4, -0.2) is 65.9 Å². The minimum absolute atomic E-state index is 0.0914. The Balaban J connectivity index is 0.000000339. The number of carbonyl (C=O) groups excluding carboxylic acids is 1. The lowest BCUT2D eigenvalue weighted by atomic mass is 9.71. The smallest absolute Gasteiger partial charge is 0.475 e. The number of ether oxygens (including phenoxy) is 1. The van der Waals surface area contributed by atoms with Crippen molar-refractivity contribution < 1.29 is 32.6 Å². The van der Waals surface area contributed by atoms with Crippen molar-refractivity contribution in [2.75, 3.05) is 32.8 Å². The van der Waals surface area contributed by atoms with Crippen molar-refractivity contribution in [1.29, 1.82) is 0 Å². The van der Waals surface area contributed by atoms with Gasteiger partial charge in [-0.25, -0.2) is 4.79 Å². The number of hydrogen-bond donors (Lipinski definition) is 2. The summed E-state index contributed by atoms with van der Waals surface area (Å²) in [6, 6.07) is 4.10. The third-order valence-corrected chi connectivity index (χ3v) is 6.16. The third kappa shape index (κ3) is 6.64. The van der Waals surface area contributed by atoms with Crippen LogP contribution in [0.25, 0.3) is 0 Å². The van der Waals surface area contributed by atoms with Crippen LogP contribution in [0.15, 0.2) is 24.5 Å². The van der Waals surface area contributed by atoms with Crippen LogP contribution in [0.4, 0.5) is 13.2 Å². The quantitative estimate of drug-likeness (QED) is 0.727. The molecule has 31 heavy (non-hydrogen) atoms. The SMILES string of the molecule is O=C(NCC1CC1)C1CN(Cc2cccnc2)CC12CCOCC2.O=C(O)C(F)(F)F. The summed E-state index contributed by atoms with van der Waals surface area (Å²) in [5.41, 5.74) is 1.31. The predicted octanol–water partition coefficient (Wildman–Crippen LogP) is 2.47. The highest BCUT2D eigenvalue weighted by Crippen LogP contribution is 2.45. The van der Waals surface area contributed by atoms with E-state index in [0.717, 1.165) is 58.2 Å². The molecule has 7 nitrogen and oxygen atoms in total. The molecule has 1 aliphatic carbocycles. The summed E-state index contributed by atoms with van der Waals surface area (Å²) in [5, 5.41) is 10.3. The number of carbonyl (C=O) groups is 2. The molecule has 1 saturated carbocycles. The second kappa shape index (κ2) is 9.95. The lowest BCUT2D eigenvalue weighted by molar-refractivity contribution is -0.192. The number of amides is 1. The fourth-order valence-electron chi connectivity index (χ4n) is 4.28. The largest absolute Gasteiger partial charge is 0.490 e. The first kappa shape index (κ1) is 23.5. The van der Waals surface area contributed by atoms with Gasteiger partial charge < -0.3 is 15.2 Å². The van der Waals surface area contributed by atoms with E-state index in [1.54, 1.807) is 0 Å². The summed E-state index contributed by atoms with van der Waals surface area (Å²) in [6.07, 6.45) is 3.20. The van der Waals surface area contributed by atoms with E-state index in [2.05, 4.69) is 21.3 Å². The summed E-state index contributed by atoms with van der Waals surface area (Å²) in [5.74, 6) is -1.67. The summed E-state index contributed by atoms with van der Waals surface area (Å²) >= 11 is 0. The van der Waals surface area contributed by atoms with Crippen LogP contribution in [0, 0.1) is 17.3 Å². The number of halogens is 3. The number of pyridine rings is 1. The number of nitrogens with one attached hydrogen (secondary N) is 1. The molecular weight excluding hydrogens is 415 g/mol. The van der Waals surface area contributed by atoms with Crippen LogP contribution in [0.5, 0.6) is 0 Å². The second-order valence-electron chi connectivity index (χ2n) is 8.55. The van der Waals surface area contributed by atoms with Gasteiger partial charge in [-0.15, -0.1) is 0 Å². The topological polar surface area (TPSA) is 91.8 Å². The molecule has 2 saturated heterocycles. The van der Waals surface area contributed by atoms with Gasteiger partial charge in [-0.3, -0.25) is 14.7 Å². The fraction of sp³-hybridized carbons (Fsp3) is 0.667. The molecule has 3 aliphatic rings. The van der Waals surface area contributed by atoms with Gasteiger partial charge in [0.15, 0.2) is 0 Å². The minimum Gasteiger partial charge on any atom is -0.475 e. The zero-order valence-electron chi connectivity index (χ0n) is 17.2. The number of rotatable bonds is 5. The van der Waals surface area contributed by atoms with E-state index >= 15 is 0 Å². The molecule has 1 aromatic rings. The fourth-order valence-corrected chi connectivity index (χ4v) is 4.28. The molecule has 4 rings (SSSR count). The highest BCUT2D eigenvalue weighted by atomic mass is 19.4. The van der Waals surface area contributed by atoms with Crippen molar-refractivity contribution in [3.63, 3.8) is 0 Å². The monoisotopic (exact) mass is 443 g/mol. The van der Waals surface area contributed by atoms with E-state index in [9.17, 15) is 18.0 Å². The highest BCUT2D eigenvalue weighted by Gasteiger charge is 2.50. The Hall–Kier alpha value is -2.20. The Bertz CT molecular complexity index is 750. The van der Waals surface area contributed by atoms with Crippen LogP contribution in [-0.2, 0) is 20.9 Å². The maximum Gasteiger partial charge on any atom is 0.490 e. The Morgan fingerprint density at radius 2 is 1.97 bits per heavy atom. The number of alkyl halides is 3. The van der Waals surface area contributed by atoms with Gasteiger partial charge in [0.1, 0.15) is 0 Å². The highest BCUT2D eigenvalue weighted by molar-refractivity contribution is 5.80. The van der Waals surface area contributed by atoms with Gasteiger partial charge in [0.2, 0.25) is 5.91 Å². The molecule has 1 unspecified atom stereocenters. The molecule has 0 radical (unpaired) electrons. The molecule has 3 fully saturated rings. The van der Waals surface area contributed by atoms with Gasteiger partial charge in [0, 0.05) is 57.2 Å². The summed E-state index contributed by atoms with van der Waals surface area (Å²) in [4.78, 5) is 28.4. The number of aliphatic carboxylic acids is 1. The molecule has 2 aliphatic heterocycles.